The molecule has 4 rings (SSSR count). The van der Waals surface area contributed by atoms with E-state index in [9.17, 15) is 9.90 Å². The van der Waals surface area contributed by atoms with Crippen LogP contribution in [-0.4, -0.2) is 21.0 Å². The van der Waals surface area contributed by atoms with Crippen LogP contribution in [0.2, 0.25) is 0 Å². The Morgan fingerprint density at radius 1 is 0.879 bits per heavy atom. The maximum Gasteiger partial charge on any atom is 0.251 e. The first-order valence-corrected chi connectivity index (χ1v) is 10.9. The van der Waals surface area contributed by atoms with Crippen LogP contribution in [0.5, 0.6) is 0 Å². The highest BCUT2D eigenvalue weighted by atomic mass is 16.3. The summed E-state index contributed by atoms with van der Waals surface area (Å²) in [5.74, 6) is -0.216. The number of carbonyl (C=O) groups excluding carboxylic acids is 1. The normalized spacial score (nSPS) is 12.7. The predicted octanol–water partition coefficient (Wildman–Crippen LogP) is 5.33. The molecule has 2 heterocycles. The Kier molecular flexibility index (Phi) is 6.61. The van der Waals surface area contributed by atoms with Crippen molar-refractivity contribution in [2.24, 2.45) is 0 Å². The van der Waals surface area contributed by atoms with Crippen molar-refractivity contribution in [1.29, 1.82) is 0 Å². The third-order valence-corrected chi connectivity index (χ3v) is 5.67. The molecule has 0 aliphatic rings. The van der Waals surface area contributed by atoms with Gasteiger partial charge in [-0.2, -0.15) is 0 Å². The third-order valence-electron chi connectivity index (χ3n) is 5.67. The van der Waals surface area contributed by atoms with E-state index in [1.807, 2.05) is 75.4 Å². The number of rotatable bonds is 6. The van der Waals surface area contributed by atoms with Crippen molar-refractivity contribution in [1.82, 2.24) is 15.3 Å². The average Bonchev–Trinajstić information content (AvgIpc) is 2.84. The quantitative estimate of drug-likeness (QED) is 0.427. The van der Waals surface area contributed by atoms with Gasteiger partial charge in [-0.15, -0.1) is 0 Å². The van der Waals surface area contributed by atoms with Crippen LogP contribution in [0.1, 0.15) is 57.5 Å². The van der Waals surface area contributed by atoms with E-state index in [4.69, 9.17) is 0 Å². The number of aromatic nitrogens is 2. The second kappa shape index (κ2) is 9.76. The summed E-state index contributed by atoms with van der Waals surface area (Å²) in [6, 6.07) is 22.7. The van der Waals surface area contributed by atoms with Gasteiger partial charge < -0.3 is 10.4 Å². The molecular weight excluding hydrogens is 410 g/mol. The molecule has 166 valence electrons. The number of benzene rings is 2. The topological polar surface area (TPSA) is 75.1 Å². The van der Waals surface area contributed by atoms with Crippen molar-refractivity contribution in [2.75, 3.05) is 0 Å². The fourth-order valence-electron chi connectivity index (χ4n) is 3.66. The monoisotopic (exact) mass is 437 g/mol. The molecule has 0 spiro atoms. The number of aryl methyl sites for hydroxylation is 2. The van der Waals surface area contributed by atoms with Crippen molar-refractivity contribution in [3.63, 3.8) is 0 Å². The Morgan fingerprint density at radius 2 is 1.67 bits per heavy atom. The van der Waals surface area contributed by atoms with Gasteiger partial charge in [0, 0.05) is 23.7 Å². The lowest BCUT2D eigenvalue weighted by Gasteiger charge is -2.17. The van der Waals surface area contributed by atoms with E-state index in [0.29, 0.717) is 16.8 Å². The molecule has 1 unspecified atom stereocenters. The Morgan fingerprint density at radius 3 is 2.33 bits per heavy atom. The third kappa shape index (κ3) is 5.33. The van der Waals surface area contributed by atoms with Crippen molar-refractivity contribution in [2.45, 2.75) is 32.9 Å². The van der Waals surface area contributed by atoms with Crippen LogP contribution in [0.4, 0.5) is 0 Å². The number of carbonyl (C=O) groups is 1. The molecule has 2 N–H and O–H groups in total. The van der Waals surface area contributed by atoms with Gasteiger partial charge in [-0.3, -0.25) is 14.8 Å². The maximum absolute atomic E-state index is 13.2. The molecule has 5 nitrogen and oxygen atoms in total. The molecule has 0 aliphatic heterocycles. The van der Waals surface area contributed by atoms with Crippen molar-refractivity contribution in [3.05, 3.63) is 119 Å². The van der Waals surface area contributed by atoms with E-state index in [0.717, 1.165) is 27.9 Å². The summed E-state index contributed by atoms with van der Waals surface area (Å²) in [6.45, 7) is 5.89. The molecule has 5 heteroatoms. The summed E-state index contributed by atoms with van der Waals surface area (Å²) in [7, 11) is 0. The number of hydrogen-bond donors (Lipinski definition) is 2. The SMILES string of the molecule is Cc1ccc(-c2cc(C(=O)N[C@H](C)c3ccc(C)nc3)cc(C(O)c3ccccn3)c2)cc1. The van der Waals surface area contributed by atoms with Crippen LogP contribution in [-0.2, 0) is 0 Å². The van der Waals surface area contributed by atoms with Gasteiger partial charge in [-0.1, -0.05) is 42.0 Å². The number of nitrogens with zero attached hydrogens (tertiary/aromatic N) is 2. The first-order chi connectivity index (χ1) is 15.9. The molecule has 2 aromatic carbocycles. The van der Waals surface area contributed by atoms with E-state index >= 15 is 0 Å². The Hall–Kier alpha value is -3.83. The van der Waals surface area contributed by atoms with Gasteiger partial charge >= 0.3 is 0 Å². The van der Waals surface area contributed by atoms with Crippen LogP contribution in [0, 0.1) is 13.8 Å². The lowest BCUT2D eigenvalue weighted by molar-refractivity contribution is 0.0939. The Labute approximate surface area is 194 Å². The summed E-state index contributed by atoms with van der Waals surface area (Å²) in [5, 5.41) is 14.0. The fourth-order valence-corrected chi connectivity index (χ4v) is 3.66. The van der Waals surface area contributed by atoms with Crippen LogP contribution in [0.25, 0.3) is 11.1 Å². The molecule has 0 radical (unpaired) electrons. The smallest absolute Gasteiger partial charge is 0.251 e. The first-order valence-electron chi connectivity index (χ1n) is 10.9. The maximum atomic E-state index is 13.2. The standard InChI is InChI=1S/C28H27N3O2/c1-18-7-10-21(11-8-18)23-14-24(27(32)26-6-4-5-13-29-26)16-25(15-23)28(33)31-20(3)22-12-9-19(2)30-17-22/h4-17,20,27,32H,1-3H3,(H,31,33)/t20-,27?/m1/s1. The number of amides is 1. The number of pyridine rings is 2. The molecule has 33 heavy (non-hydrogen) atoms. The number of nitrogens with one attached hydrogen (secondary N) is 1. The Bertz CT molecular complexity index is 1240. The summed E-state index contributed by atoms with van der Waals surface area (Å²) in [5.41, 5.74) is 6.46. The zero-order valence-corrected chi connectivity index (χ0v) is 19.0. The number of aliphatic hydroxyl groups excluding tert-OH is 1. The predicted molar refractivity (Wildman–Crippen MR) is 130 cm³/mol. The van der Waals surface area contributed by atoms with Gasteiger partial charge in [0.2, 0.25) is 0 Å². The fraction of sp³-hybridized carbons (Fsp3) is 0.179. The van der Waals surface area contributed by atoms with Crippen LogP contribution < -0.4 is 5.32 Å². The lowest BCUT2D eigenvalue weighted by atomic mass is 9.95. The molecule has 0 fully saturated rings. The number of hydrogen-bond acceptors (Lipinski definition) is 4. The van der Waals surface area contributed by atoms with Crippen molar-refractivity contribution in [3.8, 4) is 11.1 Å². The molecule has 0 bridgehead atoms. The highest BCUT2D eigenvalue weighted by Gasteiger charge is 2.18. The summed E-state index contributed by atoms with van der Waals surface area (Å²) < 4.78 is 0. The van der Waals surface area contributed by atoms with E-state index in [2.05, 4.69) is 15.3 Å². The summed E-state index contributed by atoms with van der Waals surface area (Å²) in [4.78, 5) is 21.8. The molecular formula is C28H27N3O2. The summed E-state index contributed by atoms with van der Waals surface area (Å²) >= 11 is 0. The van der Waals surface area contributed by atoms with Crippen LogP contribution >= 0.6 is 0 Å². The first kappa shape index (κ1) is 22.4. The minimum absolute atomic E-state index is 0.210. The van der Waals surface area contributed by atoms with Gasteiger partial charge in [0.1, 0.15) is 6.10 Å². The van der Waals surface area contributed by atoms with Gasteiger partial charge in [0.05, 0.1) is 11.7 Å². The molecule has 0 aliphatic carbocycles. The zero-order chi connectivity index (χ0) is 23.4. The lowest BCUT2D eigenvalue weighted by Crippen LogP contribution is -2.27. The van der Waals surface area contributed by atoms with Crippen LogP contribution in [0.15, 0.2) is 85.2 Å². The van der Waals surface area contributed by atoms with Gasteiger partial charge in [-0.05, 0) is 79.4 Å². The largest absolute Gasteiger partial charge is 0.382 e. The van der Waals surface area contributed by atoms with Gasteiger partial charge in [-0.25, -0.2) is 0 Å². The van der Waals surface area contributed by atoms with Crippen molar-refractivity contribution < 1.29 is 9.90 Å². The Balaban J connectivity index is 1.69. The molecule has 2 aromatic heterocycles. The molecule has 1 amide bonds. The minimum atomic E-state index is -0.943. The van der Waals surface area contributed by atoms with E-state index in [1.165, 1.54) is 0 Å². The minimum Gasteiger partial charge on any atom is -0.382 e. The molecule has 0 saturated carbocycles. The van der Waals surface area contributed by atoms with E-state index in [-0.39, 0.29) is 11.9 Å². The highest BCUT2D eigenvalue weighted by Crippen LogP contribution is 2.29. The van der Waals surface area contributed by atoms with Gasteiger partial charge in [0.15, 0.2) is 0 Å². The van der Waals surface area contributed by atoms with Crippen molar-refractivity contribution >= 4 is 5.91 Å². The molecule has 0 saturated heterocycles. The van der Waals surface area contributed by atoms with Crippen LogP contribution in [0.3, 0.4) is 0 Å². The van der Waals surface area contributed by atoms with E-state index in [1.54, 1.807) is 30.6 Å². The molecule has 2 atom stereocenters. The average molecular weight is 438 g/mol. The van der Waals surface area contributed by atoms with E-state index < -0.39 is 6.10 Å². The summed E-state index contributed by atoms with van der Waals surface area (Å²) in [6.07, 6.45) is 2.48. The van der Waals surface area contributed by atoms with Gasteiger partial charge in [0.25, 0.3) is 5.91 Å². The second-order valence-corrected chi connectivity index (χ2v) is 8.29. The highest BCUT2D eigenvalue weighted by molar-refractivity contribution is 5.96. The second-order valence-electron chi connectivity index (χ2n) is 8.29. The molecule has 4 aromatic rings. The zero-order valence-electron chi connectivity index (χ0n) is 19.0. The number of aliphatic hydroxyl groups is 1.